The first-order valence-electron chi connectivity index (χ1n) is 7.13. The molecule has 3 nitrogen and oxygen atoms in total. The van der Waals surface area contributed by atoms with E-state index in [4.69, 9.17) is 12.2 Å². The Bertz CT molecular complexity index is 590. The molecule has 4 heteroatoms. The molecule has 0 bridgehead atoms. The maximum Gasteiger partial charge on any atom is 0.173 e. The van der Waals surface area contributed by atoms with Gasteiger partial charge in [0.1, 0.15) is 0 Å². The molecule has 0 aliphatic carbocycles. The van der Waals surface area contributed by atoms with Crippen molar-refractivity contribution < 1.29 is 0 Å². The molecule has 0 saturated carbocycles. The number of anilines is 1. The van der Waals surface area contributed by atoms with Gasteiger partial charge >= 0.3 is 0 Å². The Kier molecular flexibility index (Phi) is 5.28. The van der Waals surface area contributed by atoms with Crippen molar-refractivity contribution >= 4 is 23.0 Å². The van der Waals surface area contributed by atoms with Gasteiger partial charge in [0.2, 0.25) is 0 Å². The first-order valence-corrected chi connectivity index (χ1v) is 7.53. The van der Waals surface area contributed by atoms with E-state index in [2.05, 4.69) is 54.2 Å². The third-order valence-corrected chi connectivity index (χ3v) is 3.95. The Morgan fingerprint density at radius 1 is 1.14 bits per heavy atom. The van der Waals surface area contributed by atoms with Crippen molar-refractivity contribution in [3.05, 3.63) is 59.4 Å². The summed E-state index contributed by atoms with van der Waals surface area (Å²) in [4.78, 5) is 6.18. The van der Waals surface area contributed by atoms with Crippen LogP contribution in [0.1, 0.15) is 23.6 Å². The number of benzene rings is 1. The average molecular weight is 299 g/mol. The summed E-state index contributed by atoms with van der Waals surface area (Å²) in [6, 6.07) is 10.2. The van der Waals surface area contributed by atoms with Crippen LogP contribution in [0.15, 0.2) is 42.7 Å². The summed E-state index contributed by atoms with van der Waals surface area (Å²) >= 11 is 5.54. The van der Waals surface area contributed by atoms with E-state index in [1.807, 2.05) is 12.1 Å². The number of rotatable bonds is 4. The zero-order valence-electron chi connectivity index (χ0n) is 12.8. The average Bonchev–Trinajstić information content (AvgIpc) is 2.48. The fraction of sp³-hybridized carbons (Fsp3) is 0.294. The molecule has 0 amide bonds. The summed E-state index contributed by atoms with van der Waals surface area (Å²) in [7, 11) is 0. The molecule has 1 N–H and O–H groups in total. The molecule has 0 saturated heterocycles. The lowest BCUT2D eigenvalue weighted by Crippen LogP contribution is -2.34. The van der Waals surface area contributed by atoms with Crippen LogP contribution in [0.4, 0.5) is 5.69 Å². The van der Waals surface area contributed by atoms with Crippen LogP contribution in [0, 0.1) is 13.8 Å². The van der Waals surface area contributed by atoms with Gasteiger partial charge in [-0.15, -0.1) is 0 Å². The third-order valence-electron chi connectivity index (χ3n) is 3.59. The number of pyridine rings is 1. The van der Waals surface area contributed by atoms with Gasteiger partial charge in [-0.3, -0.25) is 4.98 Å². The standard InChI is InChI=1S/C17H21N3S/c1-4-20(12-16-13(2)6-5-7-14(16)3)17(21)19-15-8-10-18-11-9-15/h5-11H,4,12H2,1-3H3,(H,18,19,21). The number of nitrogens with one attached hydrogen (secondary N) is 1. The molecule has 0 unspecified atom stereocenters. The zero-order valence-corrected chi connectivity index (χ0v) is 13.6. The summed E-state index contributed by atoms with van der Waals surface area (Å²) < 4.78 is 0. The quantitative estimate of drug-likeness (QED) is 0.866. The minimum atomic E-state index is 0.742. The largest absolute Gasteiger partial charge is 0.345 e. The molecule has 2 rings (SSSR count). The van der Waals surface area contributed by atoms with E-state index < -0.39 is 0 Å². The topological polar surface area (TPSA) is 28.2 Å². The molecule has 0 atom stereocenters. The second-order valence-electron chi connectivity index (χ2n) is 5.05. The lowest BCUT2D eigenvalue weighted by atomic mass is 10.0. The molecule has 0 aliphatic heterocycles. The summed E-state index contributed by atoms with van der Waals surface area (Å²) in [5.74, 6) is 0. The van der Waals surface area contributed by atoms with Crippen LogP contribution in [0.25, 0.3) is 0 Å². The number of aryl methyl sites for hydroxylation is 2. The molecular formula is C17H21N3S. The highest BCUT2D eigenvalue weighted by atomic mass is 32.1. The monoisotopic (exact) mass is 299 g/mol. The zero-order chi connectivity index (χ0) is 15.2. The van der Waals surface area contributed by atoms with E-state index in [1.165, 1.54) is 16.7 Å². The fourth-order valence-electron chi connectivity index (χ4n) is 2.25. The highest BCUT2D eigenvalue weighted by molar-refractivity contribution is 7.80. The Morgan fingerprint density at radius 3 is 2.33 bits per heavy atom. The predicted molar refractivity (Wildman–Crippen MR) is 92.5 cm³/mol. The van der Waals surface area contributed by atoms with Gasteiger partial charge in [-0.25, -0.2) is 0 Å². The molecule has 0 aliphatic rings. The molecule has 21 heavy (non-hydrogen) atoms. The Labute approximate surface area is 132 Å². The number of hydrogen-bond donors (Lipinski definition) is 1. The van der Waals surface area contributed by atoms with Gasteiger partial charge in [0.15, 0.2) is 5.11 Å². The second-order valence-corrected chi connectivity index (χ2v) is 5.44. The Morgan fingerprint density at radius 2 is 1.76 bits per heavy atom. The highest BCUT2D eigenvalue weighted by Gasteiger charge is 2.11. The first kappa shape index (κ1) is 15.4. The smallest absolute Gasteiger partial charge is 0.173 e. The van der Waals surface area contributed by atoms with E-state index >= 15 is 0 Å². The summed E-state index contributed by atoms with van der Waals surface area (Å²) in [5, 5.41) is 4.01. The lowest BCUT2D eigenvalue weighted by Gasteiger charge is -2.26. The van der Waals surface area contributed by atoms with Crippen LogP contribution in [0.3, 0.4) is 0 Å². The van der Waals surface area contributed by atoms with Crippen LogP contribution in [-0.2, 0) is 6.54 Å². The van der Waals surface area contributed by atoms with E-state index in [1.54, 1.807) is 12.4 Å². The van der Waals surface area contributed by atoms with Gasteiger partial charge in [-0.05, 0) is 61.8 Å². The van der Waals surface area contributed by atoms with Crippen molar-refractivity contribution in [3.63, 3.8) is 0 Å². The molecule has 1 aromatic heterocycles. The van der Waals surface area contributed by atoms with E-state index in [-0.39, 0.29) is 0 Å². The molecule has 2 aromatic rings. The van der Waals surface area contributed by atoms with E-state index in [0.29, 0.717) is 0 Å². The van der Waals surface area contributed by atoms with Gasteiger partial charge in [0.25, 0.3) is 0 Å². The van der Waals surface area contributed by atoms with Crippen LogP contribution in [0.5, 0.6) is 0 Å². The van der Waals surface area contributed by atoms with Crippen LogP contribution >= 0.6 is 12.2 Å². The van der Waals surface area contributed by atoms with Crippen molar-refractivity contribution in [3.8, 4) is 0 Å². The van der Waals surface area contributed by atoms with E-state index in [0.717, 1.165) is 23.9 Å². The maximum absolute atomic E-state index is 5.54. The van der Waals surface area contributed by atoms with Crippen molar-refractivity contribution in [2.45, 2.75) is 27.3 Å². The SMILES string of the molecule is CCN(Cc1c(C)cccc1C)C(=S)Nc1ccncc1. The summed E-state index contributed by atoms with van der Waals surface area (Å²) in [5.41, 5.74) is 4.92. The molecule has 1 heterocycles. The maximum atomic E-state index is 5.54. The van der Waals surface area contributed by atoms with Gasteiger partial charge < -0.3 is 10.2 Å². The third kappa shape index (κ3) is 4.02. The highest BCUT2D eigenvalue weighted by Crippen LogP contribution is 2.16. The van der Waals surface area contributed by atoms with Crippen molar-refractivity contribution in [2.75, 3.05) is 11.9 Å². The minimum absolute atomic E-state index is 0.742. The first-order chi connectivity index (χ1) is 10.1. The molecule has 0 radical (unpaired) electrons. The van der Waals surface area contributed by atoms with Crippen LogP contribution in [0.2, 0.25) is 0 Å². The van der Waals surface area contributed by atoms with Crippen LogP contribution < -0.4 is 5.32 Å². The fourth-order valence-corrected chi connectivity index (χ4v) is 2.57. The van der Waals surface area contributed by atoms with Gasteiger partial charge in [0, 0.05) is 31.2 Å². The number of hydrogen-bond acceptors (Lipinski definition) is 2. The molecule has 1 aromatic carbocycles. The second kappa shape index (κ2) is 7.18. The summed E-state index contributed by atoms with van der Waals surface area (Å²) in [6.45, 7) is 8.11. The van der Waals surface area contributed by atoms with Crippen molar-refractivity contribution in [1.29, 1.82) is 0 Å². The number of aromatic nitrogens is 1. The molecule has 0 fully saturated rings. The Balaban J connectivity index is 2.11. The van der Waals surface area contributed by atoms with Crippen molar-refractivity contribution in [2.24, 2.45) is 0 Å². The van der Waals surface area contributed by atoms with Crippen LogP contribution in [-0.4, -0.2) is 21.5 Å². The number of nitrogens with zero attached hydrogens (tertiary/aromatic N) is 2. The van der Waals surface area contributed by atoms with E-state index in [9.17, 15) is 0 Å². The predicted octanol–water partition coefficient (Wildman–Crippen LogP) is 3.92. The Hall–Kier alpha value is -1.94. The number of thiocarbonyl (C=S) groups is 1. The molecule has 0 spiro atoms. The van der Waals surface area contributed by atoms with Gasteiger partial charge in [-0.2, -0.15) is 0 Å². The van der Waals surface area contributed by atoms with Gasteiger partial charge in [0.05, 0.1) is 0 Å². The minimum Gasteiger partial charge on any atom is -0.345 e. The van der Waals surface area contributed by atoms with Gasteiger partial charge in [-0.1, -0.05) is 18.2 Å². The summed E-state index contributed by atoms with van der Waals surface area (Å²) in [6.07, 6.45) is 3.51. The molecule has 110 valence electrons. The normalized spacial score (nSPS) is 10.2. The lowest BCUT2D eigenvalue weighted by molar-refractivity contribution is 0.440. The van der Waals surface area contributed by atoms with Crippen molar-refractivity contribution in [1.82, 2.24) is 9.88 Å². The molecular weight excluding hydrogens is 278 g/mol.